The molecule has 3 heteroatoms. The molecular weight excluding hydrogens is 270 g/mol. The molecule has 0 amide bonds. The van der Waals surface area contributed by atoms with Gasteiger partial charge in [-0.1, -0.05) is 51.9 Å². The van der Waals surface area contributed by atoms with Crippen LogP contribution in [0.25, 0.3) is 0 Å². The first kappa shape index (κ1) is 17.6. The van der Waals surface area contributed by atoms with Crippen molar-refractivity contribution in [3.63, 3.8) is 0 Å². The molecule has 2 rings (SSSR count). The lowest BCUT2D eigenvalue weighted by atomic mass is 9.94. The van der Waals surface area contributed by atoms with Gasteiger partial charge in [-0.3, -0.25) is 0 Å². The van der Waals surface area contributed by atoms with Crippen LogP contribution in [0.15, 0.2) is 4.99 Å². The second kappa shape index (κ2) is 9.42. The van der Waals surface area contributed by atoms with E-state index < -0.39 is 0 Å². The lowest BCUT2D eigenvalue weighted by Gasteiger charge is -2.38. The summed E-state index contributed by atoms with van der Waals surface area (Å²) in [5, 5.41) is 0. The van der Waals surface area contributed by atoms with E-state index in [1.54, 1.807) is 0 Å². The van der Waals surface area contributed by atoms with Crippen LogP contribution in [0.1, 0.15) is 84.0 Å². The van der Waals surface area contributed by atoms with Crippen LogP contribution in [0.5, 0.6) is 0 Å². The Balaban J connectivity index is 2.06. The fraction of sp³-hybridized carbons (Fsp3) is 0.947. The summed E-state index contributed by atoms with van der Waals surface area (Å²) in [6.45, 7) is 3.41. The molecule has 0 radical (unpaired) electrons. The molecular formula is C19H37N3. The standard InChI is InChI=1S/C19H37N3/c1-4-5-16-21(2)19(20-17-12-8-6-9-13-17)22(3)18-14-10-7-11-15-18/h17-18H,4-16H2,1-3H3/b20-19+. The largest absolute Gasteiger partial charge is 0.346 e. The SMILES string of the molecule is CCCCN(C)/C(=N\C1CCCCC1)N(C)C1CCCCC1. The molecule has 3 nitrogen and oxygen atoms in total. The summed E-state index contributed by atoms with van der Waals surface area (Å²) in [6.07, 6.45) is 16.2. The summed E-state index contributed by atoms with van der Waals surface area (Å²) >= 11 is 0. The maximum atomic E-state index is 5.23. The van der Waals surface area contributed by atoms with Crippen molar-refractivity contribution in [1.82, 2.24) is 9.80 Å². The lowest BCUT2D eigenvalue weighted by Crippen LogP contribution is -2.47. The maximum Gasteiger partial charge on any atom is 0.196 e. The molecule has 0 aromatic carbocycles. The lowest BCUT2D eigenvalue weighted by molar-refractivity contribution is 0.247. The normalized spacial score (nSPS) is 21.9. The molecule has 2 fully saturated rings. The van der Waals surface area contributed by atoms with Gasteiger partial charge in [-0.2, -0.15) is 0 Å². The van der Waals surface area contributed by atoms with Crippen molar-refractivity contribution in [3.05, 3.63) is 0 Å². The second-order valence-corrected chi connectivity index (χ2v) is 7.40. The predicted molar refractivity (Wildman–Crippen MR) is 96.5 cm³/mol. The fourth-order valence-corrected chi connectivity index (χ4v) is 3.96. The van der Waals surface area contributed by atoms with Crippen molar-refractivity contribution in [3.8, 4) is 0 Å². The summed E-state index contributed by atoms with van der Waals surface area (Å²) in [5.74, 6) is 1.27. The number of rotatable bonds is 5. The molecule has 0 saturated heterocycles. The molecule has 0 atom stereocenters. The van der Waals surface area contributed by atoms with Crippen LogP contribution in [-0.2, 0) is 0 Å². The van der Waals surface area contributed by atoms with Crippen LogP contribution in [0.4, 0.5) is 0 Å². The quantitative estimate of drug-likeness (QED) is 0.543. The Hall–Kier alpha value is -0.730. The molecule has 2 aliphatic rings. The van der Waals surface area contributed by atoms with Gasteiger partial charge >= 0.3 is 0 Å². The highest BCUT2D eigenvalue weighted by Gasteiger charge is 2.24. The highest BCUT2D eigenvalue weighted by Crippen LogP contribution is 2.25. The maximum absolute atomic E-state index is 5.23. The first-order valence-corrected chi connectivity index (χ1v) is 9.74. The Morgan fingerprint density at radius 1 is 0.909 bits per heavy atom. The van der Waals surface area contributed by atoms with Crippen molar-refractivity contribution in [1.29, 1.82) is 0 Å². The molecule has 2 saturated carbocycles. The van der Waals surface area contributed by atoms with Gasteiger partial charge in [0.2, 0.25) is 0 Å². The van der Waals surface area contributed by atoms with E-state index in [9.17, 15) is 0 Å². The Kier molecular flexibility index (Phi) is 7.54. The summed E-state index contributed by atoms with van der Waals surface area (Å²) in [4.78, 5) is 10.2. The number of aliphatic imine (C=N–C) groups is 1. The molecule has 0 aromatic heterocycles. The third kappa shape index (κ3) is 5.17. The topological polar surface area (TPSA) is 18.8 Å². The molecule has 0 aliphatic heterocycles. The zero-order chi connectivity index (χ0) is 15.8. The van der Waals surface area contributed by atoms with Crippen molar-refractivity contribution < 1.29 is 0 Å². The van der Waals surface area contributed by atoms with Gasteiger partial charge in [-0.25, -0.2) is 4.99 Å². The van der Waals surface area contributed by atoms with E-state index in [0.717, 1.165) is 6.54 Å². The summed E-state index contributed by atoms with van der Waals surface area (Å²) < 4.78 is 0. The first-order chi connectivity index (χ1) is 10.7. The highest BCUT2D eigenvalue weighted by atomic mass is 15.4. The van der Waals surface area contributed by atoms with Gasteiger partial charge in [0.25, 0.3) is 0 Å². The Bertz CT molecular complexity index is 328. The van der Waals surface area contributed by atoms with Gasteiger partial charge in [-0.05, 0) is 32.1 Å². The third-order valence-electron chi connectivity index (χ3n) is 5.50. The van der Waals surface area contributed by atoms with E-state index in [2.05, 4.69) is 30.8 Å². The Labute approximate surface area is 138 Å². The fourth-order valence-electron chi connectivity index (χ4n) is 3.96. The van der Waals surface area contributed by atoms with Crippen LogP contribution in [0, 0.1) is 0 Å². The van der Waals surface area contributed by atoms with Crippen LogP contribution in [-0.4, -0.2) is 48.5 Å². The van der Waals surface area contributed by atoms with E-state index in [-0.39, 0.29) is 0 Å². The van der Waals surface area contributed by atoms with Gasteiger partial charge in [0, 0.05) is 26.7 Å². The number of hydrogen-bond acceptors (Lipinski definition) is 1. The van der Waals surface area contributed by atoms with Crippen LogP contribution in [0.3, 0.4) is 0 Å². The third-order valence-corrected chi connectivity index (χ3v) is 5.50. The second-order valence-electron chi connectivity index (χ2n) is 7.40. The minimum Gasteiger partial charge on any atom is -0.346 e. The Morgan fingerprint density at radius 3 is 2.09 bits per heavy atom. The Morgan fingerprint density at radius 2 is 1.50 bits per heavy atom. The predicted octanol–water partition coefficient (Wildman–Crippen LogP) is 4.67. The number of hydrogen-bond donors (Lipinski definition) is 0. The van der Waals surface area contributed by atoms with E-state index in [1.165, 1.54) is 83.0 Å². The molecule has 0 unspecified atom stereocenters. The van der Waals surface area contributed by atoms with Gasteiger partial charge in [0.05, 0.1) is 6.04 Å². The number of guanidine groups is 1. The zero-order valence-corrected chi connectivity index (χ0v) is 15.2. The molecule has 0 N–H and O–H groups in total. The van der Waals surface area contributed by atoms with Gasteiger partial charge in [-0.15, -0.1) is 0 Å². The average molecular weight is 308 g/mol. The molecule has 0 spiro atoms. The molecule has 22 heavy (non-hydrogen) atoms. The van der Waals surface area contributed by atoms with Gasteiger partial charge in [0.15, 0.2) is 5.96 Å². The van der Waals surface area contributed by atoms with Crippen LogP contribution >= 0.6 is 0 Å². The van der Waals surface area contributed by atoms with Crippen molar-refractivity contribution in [2.45, 2.75) is 96.1 Å². The number of nitrogens with zero attached hydrogens (tertiary/aromatic N) is 3. The van der Waals surface area contributed by atoms with Crippen molar-refractivity contribution in [2.75, 3.05) is 20.6 Å². The average Bonchev–Trinajstić information content (AvgIpc) is 2.58. The van der Waals surface area contributed by atoms with Gasteiger partial charge < -0.3 is 9.80 Å². The van der Waals surface area contributed by atoms with Crippen LogP contribution in [0.2, 0.25) is 0 Å². The summed E-state index contributed by atoms with van der Waals surface area (Å²) in [5.41, 5.74) is 0. The van der Waals surface area contributed by atoms with Gasteiger partial charge in [0.1, 0.15) is 0 Å². The molecule has 2 aliphatic carbocycles. The summed E-state index contributed by atoms with van der Waals surface area (Å²) in [7, 11) is 4.54. The van der Waals surface area contributed by atoms with Crippen LogP contribution < -0.4 is 0 Å². The molecule has 128 valence electrons. The van der Waals surface area contributed by atoms with E-state index in [1.807, 2.05) is 0 Å². The van der Waals surface area contributed by atoms with E-state index >= 15 is 0 Å². The molecule has 0 heterocycles. The monoisotopic (exact) mass is 307 g/mol. The molecule has 0 bridgehead atoms. The van der Waals surface area contributed by atoms with E-state index in [0.29, 0.717) is 12.1 Å². The first-order valence-electron chi connectivity index (χ1n) is 9.74. The summed E-state index contributed by atoms with van der Waals surface area (Å²) in [6, 6.07) is 1.28. The molecule has 0 aromatic rings. The number of unbranched alkanes of at least 4 members (excludes halogenated alkanes) is 1. The van der Waals surface area contributed by atoms with Crippen molar-refractivity contribution >= 4 is 5.96 Å². The zero-order valence-electron chi connectivity index (χ0n) is 15.2. The van der Waals surface area contributed by atoms with Crippen molar-refractivity contribution in [2.24, 2.45) is 4.99 Å². The highest BCUT2D eigenvalue weighted by molar-refractivity contribution is 5.80. The minimum atomic E-state index is 0.568. The van der Waals surface area contributed by atoms with E-state index in [4.69, 9.17) is 4.99 Å². The minimum absolute atomic E-state index is 0.568. The smallest absolute Gasteiger partial charge is 0.196 e.